The van der Waals surface area contributed by atoms with Gasteiger partial charge in [-0.2, -0.15) is 0 Å². The van der Waals surface area contributed by atoms with Crippen LogP contribution in [-0.2, 0) is 6.42 Å². The van der Waals surface area contributed by atoms with Crippen LogP contribution in [0.5, 0.6) is 0 Å². The standard InChI is InChI=1S/C16H15N5O2S/c1-10(7-11-8-17-4-5-18-11)20-15(22)12-9-19-14(21-16(12)23)13-3-2-6-24-13/h2-6,8-10H,7H2,1H3,(H,20,22)(H,19,21,23)/t10-/m0/s1. The second-order valence-corrected chi connectivity index (χ2v) is 6.17. The van der Waals surface area contributed by atoms with Crippen molar-refractivity contribution >= 4 is 17.2 Å². The van der Waals surface area contributed by atoms with Crippen LogP contribution in [0, 0.1) is 0 Å². The maximum Gasteiger partial charge on any atom is 0.264 e. The number of carbonyl (C=O) groups is 1. The van der Waals surface area contributed by atoms with Gasteiger partial charge in [0.1, 0.15) is 11.4 Å². The van der Waals surface area contributed by atoms with Gasteiger partial charge in [0.15, 0.2) is 0 Å². The number of hydrogen-bond donors (Lipinski definition) is 2. The zero-order valence-corrected chi connectivity index (χ0v) is 13.7. The van der Waals surface area contributed by atoms with Crippen LogP contribution >= 0.6 is 11.3 Å². The van der Waals surface area contributed by atoms with E-state index < -0.39 is 11.5 Å². The van der Waals surface area contributed by atoms with Crippen LogP contribution in [0.4, 0.5) is 0 Å². The maximum absolute atomic E-state index is 12.3. The summed E-state index contributed by atoms with van der Waals surface area (Å²) in [5.41, 5.74) is 0.296. The molecule has 3 aromatic rings. The van der Waals surface area contributed by atoms with Gasteiger partial charge in [-0.25, -0.2) is 4.98 Å². The van der Waals surface area contributed by atoms with Gasteiger partial charge in [-0.05, 0) is 18.4 Å². The Kier molecular flexibility index (Phi) is 4.76. The highest BCUT2D eigenvalue weighted by molar-refractivity contribution is 7.13. The van der Waals surface area contributed by atoms with Gasteiger partial charge in [0.25, 0.3) is 11.5 Å². The fourth-order valence-electron chi connectivity index (χ4n) is 2.20. The van der Waals surface area contributed by atoms with Gasteiger partial charge < -0.3 is 10.3 Å². The topological polar surface area (TPSA) is 101 Å². The Hall–Kier alpha value is -2.87. The molecular weight excluding hydrogens is 326 g/mol. The molecule has 3 aromatic heterocycles. The lowest BCUT2D eigenvalue weighted by Gasteiger charge is -2.12. The molecule has 0 radical (unpaired) electrons. The van der Waals surface area contributed by atoms with Gasteiger partial charge in [-0.15, -0.1) is 11.3 Å². The largest absolute Gasteiger partial charge is 0.349 e. The van der Waals surface area contributed by atoms with Crippen LogP contribution in [0.2, 0.25) is 0 Å². The van der Waals surface area contributed by atoms with Gasteiger partial charge >= 0.3 is 0 Å². The number of aromatic nitrogens is 4. The van der Waals surface area contributed by atoms with Crippen LogP contribution in [0.3, 0.4) is 0 Å². The first-order valence-electron chi connectivity index (χ1n) is 7.32. The molecule has 2 N–H and O–H groups in total. The molecule has 1 amide bonds. The third-order valence-electron chi connectivity index (χ3n) is 3.31. The van der Waals surface area contributed by atoms with Crippen LogP contribution in [0.15, 0.2) is 47.1 Å². The molecule has 0 aliphatic carbocycles. The predicted molar refractivity (Wildman–Crippen MR) is 90.8 cm³/mol. The quantitative estimate of drug-likeness (QED) is 0.735. The SMILES string of the molecule is C[C@@H](Cc1cnccn1)NC(=O)c1cnc(-c2cccs2)[nH]c1=O. The molecule has 0 fully saturated rings. The molecule has 0 bridgehead atoms. The summed E-state index contributed by atoms with van der Waals surface area (Å²) in [4.78, 5) is 40.2. The normalized spacial score (nSPS) is 11.9. The average Bonchev–Trinajstić information content (AvgIpc) is 3.10. The van der Waals surface area contributed by atoms with Crippen LogP contribution in [0.1, 0.15) is 23.0 Å². The van der Waals surface area contributed by atoms with Crippen LogP contribution in [0.25, 0.3) is 10.7 Å². The van der Waals surface area contributed by atoms with Crippen molar-refractivity contribution in [2.75, 3.05) is 0 Å². The molecule has 0 aliphatic heterocycles. The van der Waals surface area contributed by atoms with E-state index in [1.165, 1.54) is 17.5 Å². The Balaban J connectivity index is 1.70. The van der Waals surface area contributed by atoms with Crippen molar-refractivity contribution in [2.24, 2.45) is 0 Å². The molecule has 7 nitrogen and oxygen atoms in total. The minimum absolute atomic E-state index is 0.0127. The van der Waals surface area contributed by atoms with Gasteiger partial charge in [0, 0.05) is 37.3 Å². The first kappa shape index (κ1) is 16.0. The minimum Gasteiger partial charge on any atom is -0.349 e. The Labute approximate surface area is 141 Å². The van der Waals surface area contributed by atoms with Crippen molar-refractivity contribution < 1.29 is 4.79 Å². The van der Waals surface area contributed by atoms with Crippen molar-refractivity contribution in [3.8, 4) is 10.7 Å². The number of carbonyl (C=O) groups excluding carboxylic acids is 1. The molecule has 122 valence electrons. The summed E-state index contributed by atoms with van der Waals surface area (Å²) in [7, 11) is 0. The molecule has 0 saturated heterocycles. The van der Waals surface area contributed by atoms with Crippen molar-refractivity contribution in [2.45, 2.75) is 19.4 Å². The van der Waals surface area contributed by atoms with E-state index in [1.54, 1.807) is 18.6 Å². The lowest BCUT2D eigenvalue weighted by Crippen LogP contribution is -2.37. The highest BCUT2D eigenvalue weighted by Crippen LogP contribution is 2.19. The Bertz CT molecular complexity index is 877. The number of aromatic amines is 1. The Morgan fingerprint density at radius 1 is 1.33 bits per heavy atom. The van der Waals surface area contributed by atoms with Gasteiger partial charge in [0.2, 0.25) is 0 Å². The van der Waals surface area contributed by atoms with Crippen LogP contribution in [-0.4, -0.2) is 31.9 Å². The summed E-state index contributed by atoms with van der Waals surface area (Å²) < 4.78 is 0. The number of rotatable bonds is 5. The predicted octanol–water partition coefficient (Wildman–Crippen LogP) is 1.65. The molecule has 0 spiro atoms. The summed E-state index contributed by atoms with van der Waals surface area (Å²) in [6.07, 6.45) is 6.66. The molecule has 0 aliphatic rings. The summed E-state index contributed by atoms with van der Waals surface area (Å²) in [6, 6.07) is 3.53. The fourth-order valence-corrected chi connectivity index (χ4v) is 2.87. The molecule has 24 heavy (non-hydrogen) atoms. The molecule has 1 atom stereocenters. The third kappa shape index (κ3) is 3.72. The van der Waals surface area contributed by atoms with E-state index in [4.69, 9.17) is 0 Å². The van der Waals surface area contributed by atoms with Gasteiger partial charge in [-0.1, -0.05) is 6.07 Å². The first-order valence-corrected chi connectivity index (χ1v) is 8.20. The Morgan fingerprint density at radius 3 is 2.88 bits per heavy atom. The monoisotopic (exact) mass is 341 g/mol. The fraction of sp³-hybridized carbons (Fsp3) is 0.188. The lowest BCUT2D eigenvalue weighted by molar-refractivity contribution is 0.0938. The van der Waals surface area contributed by atoms with Crippen molar-refractivity contribution in [1.82, 2.24) is 25.3 Å². The number of thiophene rings is 1. The molecule has 3 rings (SSSR count). The van der Waals surface area contributed by atoms with Gasteiger partial charge in [0.05, 0.1) is 10.6 Å². The van der Waals surface area contributed by atoms with E-state index in [0.717, 1.165) is 10.6 Å². The summed E-state index contributed by atoms with van der Waals surface area (Å²) >= 11 is 1.46. The maximum atomic E-state index is 12.3. The summed E-state index contributed by atoms with van der Waals surface area (Å²) in [6.45, 7) is 1.84. The second-order valence-electron chi connectivity index (χ2n) is 5.23. The van der Waals surface area contributed by atoms with E-state index >= 15 is 0 Å². The van der Waals surface area contributed by atoms with Crippen molar-refractivity contribution in [1.29, 1.82) is 0 Å². The number of H-pyrrole nitrogens is 1. The zero-order chi connectivity index (χ0) is 16.9. The number of amides is 1. The van der Waals surface area contributed by atoms with Crippen LogP contribution < -0.4 is 10.9 Å². The summed E-state index contributed by atoms with van der Waals surface area (Å²) in [5.74, 6) is -0.00275. The van der Waals surface area contributed by atoms with E-state index in [9.17, 15) is 9.59 Å². The van der Waals surface area contributed by atoms with E-state index in [-0.39, 0.29) is 11.6 Å². The number of hydrogen-bond acceptors (Lipinski definition) is 6. The molecular formula is C16H15N5O2S. The number of nitrogens with one attached hydrogen (secondary N) is 2. The lowest BCUT2D eigenvalue weighted by atomic mass is 10.2. The molecule has 8 heteroatoms. The highest BCUT2D eigenvalue weighted by atomic mass is 32.1. The van der Waals surface area contributed by atoms with Gasteiger partial charge in [-0.3, -0.25) is 19.6 Å². The van der Waals surface area contributed by atoms with E-state index in [0.29, 0.717) is 12.2 Å². The van der Waals surface area contributed by atoms with Crippen molar-refractivity contribution in [3.63, 3.8) is 0 Å². The average molecular weight is 341 g/mol. The Morgan fingerprint density at radius 2 is 2.21 bits per heavy atom. The molecule has 3 heterocycles. The van der Waals surface area contributed by atoms with E-state index in [1.807, 2.05) is 24.4 Å². The first-order chi connectivity index (χ1) is 11.6. The third-order valence-corrected chi connectivity index (χ3v) is 4.18. The molecule has 0 unspecified atom stereocenters. The van der Waals surface area contributed by atoms with Crippen molar-refractivity contribution in [3.05, 3.63) is 63.9 Å². The van der Waals surface area contributed by atoms with E-state index in [2.05, 4.69) is 25.3 Å². The second kappa shape index (κ2) is 7.14. The minimum atomic E-state index is -0.461. The zero-order valence-electron chi connectivity index (χ0n) is 12.9. The summed E-state index contributed by atoms with van der Waals surface area (Å²) in [5, 5.41) is 4.67. The molecule has 0 saturated carbocycles. The molecule has 0 aromatic carbocycles. The number of nitrogens with zero attached hydrogens (tertiary/aromatic N) is 3. The smallest absolute Gasteiger partial charge is 0.264 e. The highest BCUT2D eigenvalue weighted by Gasteiger charge is 2.15.